The van der Waals surface area contributed by atoms with Crippen LogP contribution in [0.2, 0.25) is 0 Å². The number of carbonyl (C=O) groups is 2. The third-order valence-electron chi connectivity index (χ3n) is 1.79. The highest BCUT2D eigenvalue weighted by atomic mass is 32.1. The minimum absolute atomic E-state index is 0.104. The zero-order valence-electron chi connectivity index (χ0n) is 9.21. The number of carbonyl (C=O) groups excluding carboxylic acids is 1. The van der Waals surface area contributed by atoms with Gasteiger partial charge in [0.25, 0.3) is 0 Å². The summed E-state index contributed by atoms with van der Waals surface area (Å²) in [4.78, 5) is 26.3. The SMILES string of the molecule is CC(C)(ON=C(C=O)c1cc(N)sn1)C(=O)O. The lowest BCUT2D eigenvalue weighted by Gasteiger charge is -2.16. The molecule has 0 aromatic carbocycles. The maximum atomic E-state index is 10.8. The fourth-order valence-corrected chi connectivity index (χ4v) is 1.26. The van der Waals surface area contributed by atoms with E-state index >= 15 is 0 Å². The van der Waals surface area contributed by atoms with E-state index in [1.165, 1.54) is 19.9 Å². The molecule has 0 unspecified atom stereocenters. The first-order chi connectivity index (χ1) is 7.86. The maximum absolute atomic E-state index is 10.8. The third-order valence-corrected chi connectivity index (χ3v) is 2.41. The second-order valence-corrected chi connectivity index (χ2v) is 4.45. The number of nitrogen functional groups attached to an aromatic ring is 1. The van der Waals surface area contributed by atoms with Gasteiger partial charge in [-0.2, -0.15) is 4.37 Å². The molecule has 0 radical (unpaired) electrons. The summed E-state index contributed by atoms with van der Waals surface area (Å²) in [5.41, 5.74) is 4.08. The minimum Gasteiger partial charge on any atom is -0.478 e. The lowest BCUT2D eigenvalue weighted by Crippen LogP contribution is -2.33. The second-order valence-electron chi connectivity index (χ2n) is 3.62. The Kier molecular flexibility index (Phi) is 3.79. The van der Waals surface area contributed by atoms with Crippen LogP contribution in [-0.4, -0.2) is 33.0 Å². The Labute approximate surface area is 101 Å². The molecule has 3 N–H and O–H groups in total. The van der Waals surface area contributed by atoms with Crippen molar-refractivity contribution < 1.29 is 19.5 Å². The number of aliphatic carboxylic acids is 1. The van der Waals surface area contributed by atoms with E-state index in [9.17, 15) is 9.59 Å². The van der Waals surface area contributed by atoms with Gasteiger partial charge in [-0.25, -0.2) is 4.79 Å². The molecule has 0 atom stereocenters. The molecule has 0 saturated carbocycles. The standard InChI is InChI=1S/C9H11N3O4S/c1-9(2,8(14)15)16-11-6(4-13)5-3-7(10)17-12-5/h3-4H,10H2,1-2H3,(H,14,15). The molecule has 1 rings (SSSR count). The monoisotopic (exact) mass is 257 g/mol. The molecule has 0 fully saturated rings. The van der Waals surface area contributed by atoms with E-state index in [-0.39, 0.29) is 11.4 Å². The van der Waals surface area contributed by atoms with Crippen molar-refractivity contribution >= 4 is 34.5 Å². The molecule has 0 bridgehead atoms. The molecule has 0 aliphatic carbocycles. The van der Waals surface area contributed by atoms with Gasteiger partial charge in [0.05, 0.1) is 0 Å². The number of carboxylic acid groups (broad SMARTS) is 1. The molecule has 0 saturated heterocycles. The van der Waals surface area contributed by atoms with Gasteiger partial charge in [-0.05, 0) is 25.4 Å². The quantitative estimate of drug-likeness (QED) is 0.451. The van der Waals surface area contributed by atoms with Crippen molar-refractivity contribution in [1.29, 1.82) is 0 Å². The lowest BCUT2D eigenvalue weighted by atomic mass is 10.1. The number of hydrogen-bond acceptors (Lipinski definition) is 7. The Morgan fingerprint density at radius 1 is 1.71 bits per heavy atom. The van der Waals surface area contributed by atoms with Crippen molar-refractivity contribution in [2.24, 2.45) is 5.16 Å². The van der Waals surface area contributed by atoms with Crippen LogP contribution in [0.15, 0.2) is 11.2 Å². The number of nitrogens with zero attached hydrogens (tertiary/aromatic N) is 2. The van der Waals surface area contributed by atoms with Gasteiger partial charge in [-0.1, -0.05) is 5.16 Å². The van der Waals surface area contributed by atoms with Crippen LogP contribution in [0.1, 0.15) is 19.5 Å². The Morgan fingerprint density at radius 2 is 2.35 bits per heavy atom. The van der Waals surface area contributed by atoms with Crippen molar-refractivity contribution in [3.8, 4) is 0 Å². The molecule has 92 valence electrons. The number of nitrogens with two attached hydrogens (primary N) is 1. The van der Waals surface area contributed by atoms with Gasteiger partial charge < -0.3 is 15.7 Å². The number of anilines is 1. The topological polar surface area (TPSA) is 115 Å². The molecule has 8 heteroatoms. The number of carboxylic acids is 1. The van der Waals surface area contributed by atoms with Crippen molar-refractivity contribution in [2.45, 2.75) is 19.4 Å². The molecule has 1 aromatic heterocycles. The van der Waals surface area contributed by atoms with Crippen LogP contribution in [0.3, 0.4) is 0 Å². The van der Waals surface area contributed by atoms with Gasteiger partial charge in [0, 0.05) is 6.07 Å². The highest BCUT2D eigenvalue weighted by Gasteiger charge is 2.30. The van der Waals surface area contributed by atoms with Crippen LogP contribution < -0.4 is 5.73 Å². The fourth-order valence-electron chi connectivity index (χ4n) is 0.741. The molecule has 0 spiro atoms. The normalized spacial score (nSPS) is 12.2. The first-order valence-corrected chi connectivity index (χ1v) is 5.31. The summed E-state index contributed by atoms with van der Waals surface area (Å²) in [5.74, 6) is -1.19. The lowest BCUT2D eigenvalue weighted by molar-refractivity contribution is -0.161. The van der Waals surface area contributed by atoms with Gasteiger partial charge in [-0.3, -0.25) is 4.79 Å². The minimum atomic E-state index is -1.52. The first kappa shape index (κ1) is 13.1. The Balaban J connectivity index is 2.89. The van der Waals surface area contributed by atoms with E-state index in [1.807, 2.05) is 0 Å². The molecule has 7 nitrogen and oxygen atoms in total. The number of hydrogen-bond donors (Lipinski definition) is 2. The smallest absolute Gasteiger partial charge is 0.350 e. The van der Waals surface area contributed by atoms with Gasteiger partial charge in [0.15, 0.2) is 12.0 Å². The molecule has 0 aliphatic rings. The summed E-state index contributed by atoms with van der Waals surface area (Å²) in [6.07, 6.45) is 0.423. The van der Waals surface area contributed by atoms with E-state index < -0.39 is 11.6 Å². The van der Waals surface area contributed by atoms with Gasteiger partial charge in [0.2, 0.25) is 5.60 Å². The number of oxime groups is 1. The molecular formula is C9H11N3O4S. The van der Waals surface area contributed by atoms with E-state index in [2.05, 4.69) is 9.53 Å². The van der Waals surface area contributed by atoms with E-state index in [4.69, 9.17) is 15.7 Å². The highest BCUT2D eigenvalue weighted by molar-refractivity contribution is 7.10. The summed E-state index contributed by atoms with van der Waals surface area (Å²) >= 11 is 1.00. The highest BCUT2D eigenvalue weighted by Crippen LogP contribution is 2.14. The molecule has 0 amide bonds. The molecule has 0 aliphatic heterocycles. The van der Waals surface area contributed by atoms with Crippen molar-refractivity contribution in [1.82, 2.24) is 4.37 Å². The first-order valence-electron chi connectivity index (χ1n) is 4.54. The van der Waals surface area contributed by atoms with Crippen LogP contribution in [0.4, 0.5) is 5.00 Å². The Hall–Kier alpha value is -1.96. The number of aldehydes is 1. The van der Waals surface area contributed by atoms with Crippen molar-refractivity contribution in [3.05, 3.63) is 11.8 Å². The van der Waals surface area contributed by atoms with Crippen molar-refractivity contribution in [2.75, 3.05) is 5.73 Å². The molecular weight excluding hydrogens is 246 g/mol. The Bertz CT molecular complexity index is 467. The van der Waals surface area contributed by atoms with Crippen LogP contribution >= 0.6 is 11.5 Å². The summed E-state index contributed by atoms with van der Waals surface area (Å²) in [7, 11) is 0. The molecule has 1 aromatic rings. The van der Waals surface area contributed by atoms with Crippen LogP contribution in [0, 0.1) is 0 Å². The van der Waals surface area contributed by atoms with E-state index in [0.717, 1.165) is 11.5 Å². The van der Waals surface area contributed by atoms with E-state index in [1.54, 1.807) is 0 Å². The fraction of sp³-hybridized carbons (Fsp3) is 0.333. The van der Waals surface area contributed by atoms with Crippen LogP contribution in [0.5, 0.6) is 0 Å². The number of aromatic nitrogens is 1. The zero-order valence-corrected chi connectivity index (χ0v) is 10.0. The summed E-state index contributed by atoms with van der Waals surface area (Å²) < 4.78 is 3.86. The Morgan fingerprint density at radius 3 is 2.76 bits per heavy atom. The number of rotatable bonds is 5. The van der Waals surface area contributed by atoms with Gasteiger partial charge >= 0.3 is 5.97 Å². The second kappa shape index (κ2) is 4.91. The third kappa shape index (κ3) is 3.25. The summed E-state index contributed by atoms with van der Waals surface area (Å²) in [6.45, 7) is 2.63. The maximum Gasteiger partial charge on any atom is 0.350 e. The van der Waals surface area contributed by atoms with Gasteiger partial charge in [0.1, 0.15) is 10.7 Å². The average molecular weight is 257 g/mol. The largest absolute Gasteiger partial charge is 0.478 e. The van der Waals surface area contributed by atoms with Crippen molar-refractivity contribution in [3.63, 3.8) is 0 Å². The van der Waals surface area contributed by atoms with E-state index in [0.29, 0.717) is 11.3 Å². The average Bonchev–Trinajstić information content (AvgIpc) is 2.65. The zero-order chi connectivity index (χ0) is 13.1. The van der Waals surface area contributed by atoms with Gasteiger partial charge in [-0.15, -0.1) is 0 Å². The molecule has 17 heavy (non-hydrogen) atoms. The predicted molar refractivity (Wildman–Crippen MR) is 61.9 cm³/mol. The molecule has 1 heterocycles. The summed E-state index contributed by atoms with van der Waals surface area (Å²) in [5, 5.41) is 12.7. The predicted octanol–water partition coefficient (Wildman–Crippen LogP) is 0.508. The summed E-state index contributed by atoms with van der Waals surface area (Å²) in [6, 6.07) is 1.45. The van der Waals surface area contributed by atoms with Crippen LogP contribution in [-0.2, 0) is 14.4 Å². The van der Waals surface area contributed by atoms with Crippen LogP contribution in [0.25, 0.3) is 0 Å².